The third-order valence-electron chi connectivity index (χ3n) is 12.3. The van der Waals surface area contributed by atoms with E-state index in [4.69, 9.17) is 18.9 Å². The van der Waals surface area contributed by atoms with Gasteiger partial charge in [0, 0.05) is 12.8 Å². The smallest absolute Gasteiger partial charge is 0.306 e. The number of allylic oxidation sites excluding steroid dienone is 2. The fourth-order valence-electron chi connectivity index (χ4n) is 8.26. The molecule has 4 N–H and O–H groups in total. The molecule has 0 aromatic carbocycles. The number of aliphatic hydroxyl groups excluding tert-OH is 3. The summed E-state index contributed by atoms with van der Waals surface area (Å²) in [5.41, 5.74) is 0. The van der Waals surface area contributed by atoms with E-state index in [0.29, 0.717) is 12.8 Å². The molecular weight excluding hydrogens is 837 g/mol. The molecular formula is C51H96O12S. The van der Waals surface area contributed by atoms with Crippen molar-refractivity contribution in [3.8, 4) is 0 Å². The van der Waals surface area contributed by atoms with Crippen molar-refractivity contribution in [3.05, 3.63) is 12.2 Å². The second-order valence-electron chi connectivity index (χ2n) is 18.5. The number of carbonyl (C=O) groups excluding carboxylic acids is 2. The number of carbonyl (C=O) groups is 2. The number of rotatable bonds is 45. The molecule has 1 fully saturated rings. The molecule has 0 spiro atoms. The van der Waals surface area contributed by atoms with Gasteiger partial charge in [-0.25, -0.2) is 0 Å². The van der Waals surface area contributed by atoms with Crippen LogP contribution in [0, 0.1) is 0 Å². The number of hydrogen-bond donors (Lipinski definition) is 4. The first-order valence-corrected chi connectivity index (χ1v) is 27.9. The van der Waals surface area contributed by atoms with Gasteiger partial charge in [-0.15, -0.1) is 0 Å². The molecule has 0 amide bonds. The minimum absolute atomic E-state index is 0.158. The molecule has 64 heavy (non-hydrogen) atoms. The second-order valence-corrected chi connectivity index (χ2v) is 20.0. The van der Waals surface area contributed by atoms with E-state index in [1.807, 2.05) is 0 Å². The van der Waals surface area contributed by atoms with Crippen molar-refractivity contribution in [2.45, 2.75) is 282 Å². The van der Waals surface area contributed by atoms with Gasteiger partial charge in [0.25, 0.3) is 10.1 Å². The summed E-state index contributed by atoms with van der Waals surface area (Å²) in [6, 6.07) is 0. The van der Waals surface area contributed by atoms with E-state index in [2.05, 4.69) is 26.0 Å². The Bertz CT molecular complexity index is 1230. The quantitative estimate of drug-likeness (QED) is 0.0196. The minimum atomic E-state index is -4.60. The summed E-state index contributed by atoms with van der Waals surface area (Å²) in [5, 5.41) is 31.0. The fraction of sp³-hybridized carbons (Fsp3) is 0.922. The number of esters is 2. The first-order valence-electron chi connectivity index (χ1n) is 26.2. The van der Waals surface area contributed by atoms with Gasteiger partial charge >= 0.3 is 11.9 Å². The number of ether oxygens (including phenoxy) is 4. The van der Waals surface area contributed by atoms with Gasteiger partial charge < -0.3 is 34.3 Å². The summed E-state index contributed by atoms with van der Waals surface area (Å²) < 4.78 is 54.2. The molecule has 1 saturated heterocycles. The van der Waals surface area contributed by atoms with Crippen LogP contribution >= 0.6 is 0 Å². The molecule has 6 unspecified atom stereocenters. The SMILES string of the molecule is CCCCCCC/C=C\CCCCCCCC(=O)OC(COC(=O)CCCCCCCCCCCCCCCCCCCCCCCC)COC1OC(CS(=O)(=O)O)C(O)C(O)C1O. The molecule has 12 nitrogen and oxygen atoms in total. The lowest BCUT2D eigenvalue weighted by Crippen LogP contribution is -2.60. The van der Waals surface area contributed by atoms with E-state index < -0.39 is 71.2 Å². The molecule has 378 valence electrons. The van der Waals surface area contributed by atoms with Crippen molar-refractivity contribution in [1.82, 2.24) is 0 Å². The van der Waals surface area contributed by atoms with Crippen LogP contribution in [0.1, 0.15) is 245 Å². The highest BCUT2D eigenvalue weighted by molar-refractivity contribution is 7.85. The molecule has 1 heterocycles. The minimum Gasteiger partial charge on any atom is -0.462 e. The van der Waals surface area contributed by atoms with E-state index in [-0.39, 0.29) is 19.4 Å². The highest BCUT2D eigenvalue weighted by atomic mass is 32.2. The molecule has 1 aliphatic heterocycles. The van der Waals surface area contributed by atoms with Gasteiger partial charge in [-0.05, 0) is 38.5 Å². The monoisotopic (exact) mass is 933 g/mol. The fourth-order valence-corrected chi connectivity index (χ4v) is 8.95. The third kappa shape index (κ3) is 35.6. The first kappa shape index (κ1) is 60.4. The van der Waals surface area contributed by atoms with Crippen LogP contribution in [0.3, 0.4) is 0 Å². The molecule has 6 atom stereocenters. The van der Waals surface area contributed by atoms with Crippen molar-refractivity contribution in [1.29, 1.82) is 0 Å². The van der Waals surface area contributed by atoms with E-state index in [9.17, 15) is 37.9 Å². The van der Waals surface area contributed by atoms with Crippen molar-refractivity contribution < 1.29 is 56.8 Å². The van der Waals surface area contributed by atoms with Gasteiger partial charge in [0.05, 0.1) is 6.61 Å². The Labute approximate surface area is 390 Å². The van der Waals surface area contributed by atoms with Crippen molar-refractivity contribution >= 4 is 22.1 Å². The maximum Gasteiger partial charge on any atom is 0.306 e. The Hall–Kier alpha value is -1.61. The first-order chi connectivity index (χ1) is 31.0. The summed E-state index contributed by atoms with van der Waals surface area (Å²) >= 11 is 0. The topological polar surface area (TPSA) is 186 Å². The summed E-state index contributed by atoms with van der Waals surface area (Å²) in [4.78, 5) is 25.5. The third-order valence-corrected chi connectivity index (χ3v) is 13.1. The predicted molar refractivity (Wildman–Crippen MR) is 257 cm³/mol. The normalized spacial score (nSPS) is 19.6. The Morgan fingerprint density at radius 2 is 0.891 bits per heavy atom. The van der Waals surface area contributed by atoms with E-state index in [1.54, 1.807) is 0 Å². The molecule has 13 heteroatoms. The van der Waals surface area contributed by atoms with Crippen LogP contribution in [0.4, 0.5) is 0 Å². The molecule has 0 aliphatic carbocycles. The highest BCUT2D eigenvalue weighted by Crippen LogP contribution is 2.24. The van der Waals surface area contributed by atoms with Gasteiger partial charge in [0.1, 0.15) is 36.8 Å². The van der Waals surface area contributed by atoms with Crippen molar-refractivity contribution in [3.63, 3.8) is 0 Å². The van der Waals surface area contributed by atoms with Gasteiger partial charge in [-0.1, -0.05) is 206 Å². The number of unbranched alkanes of at least 4 members (excludes halogenated alkanes) is 31. The van der Waals surface area contributed by atoms with E-state index >= 15 is 0 Å². The van der Waals surface area contributed by atoms with Crippen LogP contribution in [0.15, 0.2) is 12.2 Å². The summed E-state index contributed by atoms with van der Waals surface area (Å²) in [6.45, 7) is 3.78. The zero-order chi connectivity index (χ0) is 46.9. The number of aliphatic hydroxyl groups is 3. The Balaban J connectivity index is 2.32. The maximum absolute atomic E-state index is 12.8. The highest BCUT2D eigenvalue weighted by Gasteiger charge is 2.46. The molecule has 0 bridgehead atoms. The van der Waals surface area contributed by atoms with Gasteiger partial charge in [0.2, 0.25) is 0 Å². The summed E-state index contributed by atoms with van der Waals surface area (Å²) in [7, 11) is -4.60. The molecule has 0 radical (unpaired) electrons. The van der Waals surface area contributed by atoms with Gasteiger partial charge in [-0.3, -0.25) is 14.1 Å². The Kier molecular flexibility index (Phi) is 39.2. The second kappa shape index (κ2) is 41.6. The predicted octanol–water partition coefficient (Wildman–Crippen LogP) is 11.8. The summed E-state index contributed by atoms with van der Waals surface area (Å²) in [6.07, 6.45) is 36.9. The van der Waals surface area contributed by atoms with Crippen LogP contribution in [-0.4, -0.2) is 96.0 Å². The molecule has 1 rings (SSSR count). The van der Waals surface area contributed by atoms with Crippen LogP contribution in [0.2, 0.25) is 0 Å². The Morgan fingerprint density at radius 3 is 1.30 bits per heavy atom. The van der Waals surface area contributed by atoms with Crippen LogP contribution in [0.5, 0.6) is 0 Å². The van der Waals surface area contributed by atoms with Crippen LogP contribution < -0.4 is 0 Å². The summed E-state index contributed by atoms with van der Waals surface area (Å²) in [5.74, 6) is -1.98. The average molecular weight is 933 g/mol. The van der Waals surface area contributed by atoms with Crippen molar-refractivity contribution in [2.24, 2.45) is 0 Å². The van der Waals surface area contributed by atoms with Crippen LogP contribution in [-0.2, 0) is 38.7 Å². The van der Waals surface area contributed by atoms with Gasteiger partial charge in [-0.2, -0.15) is 8.42 Å². The van der Waals surface area contributed by atoms with Crippen LogP contribution in [0.25, 0.3) is 0 Å². The molecule has 1 aliphatic rings. The Morgan fingerprint density at radius 1 is 0.516 bits per heavy atom. The largest absolute Gasteiger partial charge is 0.462 e. The number of hydrogen-bond acceptors (Lipinski definition) is 11. The van der Waals surface area contributed by atoms with Crippen molar-refractivity contribution in [2.75, 3.05) is 19.0 Å². The lowest BCUT2D eigenvalue weighted by atomic mass is 10.00. The lowest BCUT2D eigenvalue weighted by Gasteiger charge is -2.40. The molecule has 0 aromatic heterocycles. The molecule has 0 aromatic rings. The zero-order valence-corrected chi connectivity index (χ0v) is 41.5. The standard InChI is InChI=1S/C51H96O12S/c1-3-5-7-9-11-13-15-17-19-20-21-22-23-24-25-26-28-29-31-33-35-37-39-46(52)60-41-44(42-61-51-50(56)49(55)48(54)45(63-51)43-64(57,58)59)62-47(53)40-38-36-34-32-30-27-18-16-14-12-10-8-6-4-2/h16,18,44-45,48-51,54-56H,3-15,17,19-43H2,1-2H3,(H,57,58,59)/b18-16-. The zero-order valence-electron chi connectivity index (χ0n) is 40.7. The lowest BCUT2D eigenvalue weighted by molar-refractivity contribution is -0.297. The van der Waals surface area contributed by atoms with E-state index in [0.717, 1.165) is 57.8 Å². The average Bonchev–Trinajstić information content (AvgIpc) is 3.26. The molecule has 0 saturated carbocycles. The van der Waals surface area contributed by atoms with E-state index in [1.165, 1.54) is 148 Å². The van der Waals surface area contributed by atoms with Gasteiger partial charge in [0.15, 0.2) is 12.4 Å². The maximum atomic E-state index is 12.8.